The summed E-state index contributed by atoms with van der Waals surface area (Å²) in [6.07, 6.45) is 6.92. The number of likely N-dealkylation sites (tertiary alicyclic amines) is 2. The number of nitrogens with one attached hydrogen (secondary N) is 1. The van der Waals surface area contributed by atoms with Crippen LogP contribution in [0.2, 0.25) is 0 Å². The van der Waals surface area contributed by atoms with Gasteiger partial charge in [-0.3, -0.25) is 9.69 Å². The molecule has 138 valence electrons. The van der Waals surface area contributed by atoms with Crippen molar-refractivity contribution in [2.45, 2.75) is 38.1 Å². The summed E-state index contributed by atoms with van der Waals surface area (Å²) in [7, 11) is 0. The molecule has 7 heteroatoms. The van der Waals surface area contributed by atoms with Crippen LogP contribution in [0.5, 0.6) is 0 Å². The Labute approximate surface area is 148 Å². The van der Waals surface area contributed by atoms with Gasteiger partial charge in [-0.25, -0.2) is 4.79 Å². The van der Waals surface area contributed by atoms with Gasteiger partial charge in [0.15, 0.2) is 0 Å². The topological polar surface area (TPSA) is 91.8 Å². The van der Waals surface area contributed by atoms with Crippen molar-refractivity contribution >= 4 is 11.9 Å². The standard InChI is InChI=1S/C18H28N4O3/c19-18(24)22-10-4-6-14(13-22)17(23)20-12-15(16-7-5-11-25-16)21-8-2-1-3-9-21/h5,7,11,14-15H,1-4,6,8-10,12-13H2,(H2,19,24)(H,20,23)/t14-,15-/m1/s1. The van der Waals surface area contributed by atoms with Crippen LogP contribution in [0, 0.1) is 5.92 Å². The van der Waals surface area contributed by atoms with Crippen molar-refractivity contribution in [2.24, 2.45) is 11.7 Å². The van der Waals surface area contributed by atoms with Crippen LogP contribution >= 0.6 is 0 Å². The normalized spacial score (nSPS) is 23.2. The summed E-state index contributed by atoms with van der Waals surface area (Å²) in [6, 6.07) is 3.48. The molecule has 2 atom stereocenters. The highest BCUT2D eigenvalue weighted by molar-refractivity contribution is 5.80. The average molecular weight is 348 g/mol. The molecule has 0 radical (unpaired) electrons. The number of primary amides is 1. The fourth-order valence-electron chi connectivity index (χ4n) is 3.85. The van der Waals surface area contributed by atoms with Gasteiger partial charge < -0.3 is 20.4 Å². The van der Waals surface area contributed by atoms with Gasteiger partial charge in [-0.1, -0.05) is 6.42 Å². The number of nitrogens with zero attached hydrogens (tertiary/aromatic N) is 2. The van der Waals surface area contributed by atoms with Crippen LogP contribution in [-0.2, 0) is 4.79 Å². The molecule has 1 aromatic rings. The third-order valence-corrected chi connectivity index (χ3v) is 5.28. The van der Waals surface area contributed by atoms with Crippen LogP contribution in [-0.4, -0.2) is 54.5 Å². The van der Waals surface area contributed by atoms with Gasteiger partial charge in [-0.05, 0) is 50.9 Å². The minimum Gasteiger partial charge on any atom is -0.468 e. The summed E-state index contributed by atoms with van der Waals surface area (Å²) in [5.74, 6) is 0.712. The van der Waals surface area contributed by atoms with Crippen LogP contribution < -0.4 is 11.1 Å². The first-order valence-corrected chi connectivity index (χ1v) is 9.24. The molecular formula is C18H28N4O3. The number of carbonyl (C=O) groups is 2. The number of carbonyl (C=O) groups excluding carboxylic acids is 2. The Morgan fingerprint density at radius 1 is 1.24 bits per heavy atom. The predicted molar refractivity (Wildman–Crippen MR) is 93.8 cm³/mol. The van der Waals surface area contributed by atoms with E-state index in [2.05, 4.69) is 10.2 Å². The number of hydrogen-bond acceptors (Lipinski definition) is 4. The summed E-state index contributed by atoms with van der Waals surface area (Å²) in [6.45, 7) is 3.64. The predicted octanol–water partition coefficient (Wildman–Crippen LogP) is 1.71. The molecule has 0 saturated carbocycles. The molecule has 1 aromatic heterocycles. The number of rotatable bonds is 5. The molecule has 2 aliphatic rings. The lowest BCUT2D eigenvalue weighted by atomic mass is 9.97. The van der Waals surface area contributed by atoms with E-state index in [-0.39, 0.29) is 17.9 Å². The van der Waals surface area contributed by atoms with E-state index in [0.29, 0.717) is 19.6 Å². The van der Waals surface area contributed by atoms with E-state index in [4.69, 9.17) is 10.2 Å². The lowest BCUT2D eigenvalue weighted by molar-refractivity contribution is -0.126. The van der Waals surface area contributed by atoms with Crippen molar-refractivity contribution in [2.75, 3.05) is 32.7 Å². The van der Waals surface area contributed by atoms with Crippen molar-refractivity contribution in [1.82, 2.24) is 15.1 Å². The number of hydrogen-bond donors (Lipinski definition) is 2. The van der Waals surface area contributed by atoms with E-state index in [1.54, 1.807) is 11.2 Å². The molecule has 2 aliphatic heterocycles. The lowest BCUT2D eigenvalue weighted by Gasteiger charge is -2.34. The highest BCUT2D eigenvalue weighted by Crippen LogP contribution is 2.25. The molecule has 3 amide bonds. The van der Waals surface area contributed by atoms with E-state index >= 15 is 0 Å². The second kappa shape index (κ2) is 8.38. The summed E-state index contributed by atoms with van der Waals surface area (Å²) in [4.78, 5) is 27.9. The Bertz CT molecular complexity index is 569. The van der Waals surface area contributed by atoms with Crippen molar-refractivity contribution in [3.63, 3.8) is 0 Å². The molecule has 0 aromatic carbocycles. The smallest absolute Gasteiger partial charge is 0.314 e. The third-order valence-electron chi connectivity index (χ3n) is 5.28. The van der Waals surface area contributed by atoms with Crippen LogP contribution in [0.4, 0.5) is 4.79 Å². The molecule has 0 spiro atoms. The number of furan rings is 1. The van der Waals surface area contributed by atoms with Gasteiger partial charge in [0.1, 0.15) is 5.76 Å². The van der Waals surface area contributed by atoms with Crippen LogP contribution in [0.3, 0.4) is 0 Å². The molecule has 0 aliphatic carbocycles. The monoisotopic (exact) mass is 348 g/mol. The van der Waals surface area contributed by atoms with Crippen molar-refractivity contribution in [1.29, 1.82) is 0 Å². The summed E-state index contributed by atoms with van der Waals surface area (Å²) in [5.41, 5.74) is 5.35. The zero-order chi connectivity index (χ0) is 17.6. The number of amides is 3. The fourth-order valence-corrected chi connectivity index (χ4v) is 3.85. The highest BCUT2D eigenvalue weighted by Gasteiger charge is 2.29. The van der Waals surface area contributed by atoms with Crippen LogP contribution in [0.15, 0.2) is 22.8 Å². The van der Waals surface area contributed by atoms with Crippen molar-refractivity contribution < 1.29 is 14.0 Å². The molecule has 3 rings (SSSR count). The van der Waals surface area contributed by atoms with E-state index in [1.807, 2.05) is 12.1 Å². The van der Waals surface area contributed by atoms with Gasteiger partial charge in [0.2, 0.25) is 5.91 Å². The molecular weight excluding hydrogens is 320 g/mol. The molecule has 2 fully saturated rings. The molecule has 25 heavy (non-hydrogen) atoms. The molecule has 0 unspecified atom stereocenters. The zero-order valence-electron chi connectivity index (χ0n) is 14.7. The maximum absolute atomic E-state index is 12.6. The molecule has 3 heterocycles. The second-order valence-electron chi connectivity index (χ2n) is 7.00. The minimum atomic E-state index is -0.445. The van der Waals surface area contributed by atoms with Crippen molar-refractivity contribution in [3.8, 4) is 0 Å². The third kappa shape index (κ3) is 4.54. The van der Waals surface area contributed by atoms with Crippen LogP contribution in [0.1, 0.15) is 43.9 Å². The Kier molecular flexibility index (Phi) is 5.96. The van der Waals surface area contributed by atoms with Gasteiger partial charge in [0.05, 0.1) is 18.2 Å². The minimum absolute atomic E-state index is 0.000449. The average Bonchev–Trinajstić information content (AvgIpc) is 3.17. The van der Waals surface area contributed by atoms with Gasteiger partial charge >= 0.3 is 6.03 Å². The second-order valence-corrected chi connectivity index (χ2v) is 7.00. The van der Waals surface area contributed by atoms with Gasteiger partial charge in [-0.15, -0.1) is 0 Å². The zero-order valence-corrected chi connectivity index (χ0v) is 14.7. The number of piperidine rings is 2. The maximum atomic E-state index is 12.6. The fraction of sp³-hybridized carbons (Fsp3) is 0.667. The Morgan fingerprint density at radius 2 is 2.04 bits per heavy atom. The van der Waals surface area contributed by atoms with E-state index in [1.165, 1.54) is 19.3 Å². The summed E-state index contributed by atoms with van der Waals surface area (Å²) in [5, 5.41) is 3.08. The van der Waals surface area contributed by atoms with Crippen molar-refractivity contribution in [3.05, 3.63) is 24.2 Å². The van der Waals surface area contributed by atoms with Gasteiger partial charge in [0.25, 0.3) is 0 Å². The van der Waals surface area contributed by atoms with Gasteiger partial charge in [-0.2, -0.15) is 0 Å². The number of urea groups is 1. The first kappa shape index (κ1) is 17.8. The Hall–Kier alpha value is -2.02. The molecule has 3 N–H and O–H groups in total. The van der Waals surface area contributed by atoms with Gasteiger partial charge in [0, 0.05) is 19.6 Å². The summed E-state index contributed by atoms with van der Waals surface area (Å²) < 4.78 is 5.61. The maximum Gasteiger partial charge on any atom is 0.314 e. The van der Waals surface area contributed by atoms with Crippen LogP contribution in [0.25, 0.3) is 0 Å². The summed E-state index contributed by atoms with van der Waals surface area (Å²) >= 11 is 0. The highest BCUT2D eigenvalue weighted by atomic mass is 16.3. The molecule has 7 nitrogen and oxygen atoms in total. The first-order valence-electron chi connectivity index (χ1n) is 9.24. The van der Waals surface area contributed by atoms with E-state index in [9.17, 15) is 9.59 Å². The molecule has 0 bridgehead atoms. The first-order chi connectivity index (χ1) is 12.1. The quantitative estimate of drug-likeness (QED) is 0.847. The van der Waals surface area contributed by atoms with E-state index in [0.717, 1.165) is 31.7 Å². The number of nitrogens with two attached hydrogens (primary N) is 1. The van der Waals surface area contributed by atoms with E-state index < -0.39 is 6.03 Å². The lowest BCUT2D eigenvalue weighted by Crippen LogP contribution is -2.48. The largest absolute Gasteiger partial charge is 0.468 e. The Balaban J connectivity index is 1.58. The Morgan fingerprint density at radius 3 is 2.72 bits per heavy atom. The molecule has 2 saturated heterocycles. The SMILES string of the molecule is NC(=O)N1CCC[C@@H](C(=O)NC[C@H](c2ccco2)N2CCCCC2)C1.